The summed E-state index contributed by atoms with van der Waals surface area (Å²) in [6, 6.07) is 0. The van der Waals surface area contributed by atoms with Crippen LogP contribution >= 0.6 is 0 Å². The van der Waals surface area contributed by atoms with Crippen LogP contribution in [0, 0.1) is 6.92 Å². The quantitative estimate of drug-likeness (QED) is 0.704. The number of aryl methyl sites for hydroxylation is 1. The first-order valence-electron chi connectivity index (χ1n) is 4.07. The number of hydrogen-bond acceptors (Lipinski definition) is 3. The Morgan fingerprint density at radius 2 is 2.36 bits per heavy atom. The van der Waals surface area contributed by atoms with E-state index in [-0.39, 0.29) is 17.9 Å². The molecule has 0 saturated heterocycles. The van der Waals surface area contributed by atoms with Gasteiger partial charge in [0.25, 0.3) is 0 Å². The maximum absolute atomic E-state index is 12.2. The zero-order valence-electron chi connectivity index (χ0n) is 7.83. The van der Waals surface area contributed by atoms with Crippen LogP contribution in [0.2, 0.25) is 0 Å². The molecule has 0 aliphatic rings. The van der Waals surface area contributed by atoms with Gasteiger partial charge in [-0.2, -0.15) is 13.9 Å². The van der Waals surface area contributed by atoms with Crippen molar-refractivity contribution < 1.29 is 18.3 Å². The molecular formula is C8H10F2N2O2. The molecule has 4 nitrogen and oxygen atoms in total. The Bertz CT molecular complexity index is 336. The van der Waals surface area contributed by atoms with E-state index >= 15 is 0 Å². The fourth-order valence-corrected chi connectivity index (χ4v) is 0.991. The summed E-state index contributed by atoms with van der Waals surface area (Å²) in [7, 11) is 0. The summed E-state index contributed by atoms with van der Waals surface area (Å²) < 4.78 is 29.4. The van der Waals surface area contributed by atoms with E-state index in [0.717, 1.165) is 6.20 Å². The fourth-order valence-electron chi connectivity index (χ4n) is 0.991. The number of rotatable bonds is 3. The average molecular weight is 204 g/mol. The minimum atomic E-state index is -2.74. The summed E-state index contributed by atoms with van der Waals surface area (Å²) in [5.74, 6) is -0.628. The van der Waals surface area contributed by atoms with Gasteiger partial charge in [-0.1, -0.05) is 0 Å². The Labute approximate surface area is 79.5 Å². The molecule has 1 rings (SSSR count). The number of hydrogen-bond donors (Lipinski definition) is 0. The van der Waals surface area contributed by atoms with Crippen LogP contribution in [0.1, 0.15) is 29.5 Å². The Balaban J connectivity index is 2.92. The van der Waals surface area contributed by atoms with Gasteiger partial charge in [0, 0.05) is 6.20 Å². The van der Waals surface area contributed by atoms with Crippen LogP contribution in [0.3, 0.4) is 0 Å². The van der Waals surface area contributed by atoms with Crippen molar-refractivity contribution in [1.29, 1.82) is 0 Å². The first-order valence-corrected chi connectivity index (χ1v) is 4.07. The van der Waals surface area contributed by atoms with Crippen molar-refractivity contribution in [3.8, 4) is 0 Å². The van der Waals surface area contributed by atoms with Crippen LogP contribution in [-0.2, 0) is 4.74 Å². The summed E-state index contributed by atoms with van der Waals surface area (Å²) in [5, 5.41) is 3.48. The molecule has 0 spiro atoms. The lowest BCUT2D eigenvalue weighted by molar-refractivity contribution is 0.0516. The standard InChI is InChI=1S/C8H10F2N2O2/c1-3-14-7(13)6-4-12(8(9)10)11-5(6)2/h4,8H,3H2,1-2H3. The lowest BCUT2D eigenvalue weighted by Crippen LogP contribution is -2.04. The number of carbonyl (C=O) groups is 1. The third-order valence-corrected chi connectivity index (χ3v) is 1.61. The van der Waals surface area contributed by atoms with Crippen LogP contribution in [0.5, 0.6) is 0 Å². The molecule has 0 aliphatic heterocycles. The number of alkyl halides is 2. The van der Waals surface area contributed by atoms with Crippen molar-refractivity contribution in [2.45, 2.75) is 20.4 Å². The van der Waals surface area contributed by atoms with Gasteiger partial charge in [0.15, 0.2) is 0 Å². The molecule has 0 fully saturated rings. The normalized spacial score (nSPS) is 10.6. The van der Waals surface area contributed by atoms with Crippen molar-refractivity contribution >= 4 is 5.97 Å². The van der Waals surface area contributed by atoms with Crippen molar-refractivity contribution in [1.82, 2.24) is 9.78 Å². The average Bonchev–Trinajstić information content (AvgIpc) is 2.48. The molecule has 78 valence electrons. The smallest absolute Gasteiger partial charge is 0.341 e. The third-order valence-electron chi connectivity index (χ3n) is 1.61. The fraction of sp³-hybridized carbons (Fsp3) is 0.500. The zero-order valence-corrected chi connectivity index (χ0v) is 7.83. The molecular weight excluding hydrogens is 194 g/mol. The lowest BCUT2D eigenvalue weighted by Gasteiger charge is -1.98. The Hall–Kier alpha value is -1.46. The first-order chi connectivity index (χ1) is 6.56. The van der Waals surface area contributed by atoms with Gasteiger partial charge in [0.05, 0.1) is 12.3 Å². The van der Waals surface area contributed by atoms with Gasteiger partial charge in [0.1, 0.15) is 5.56 Å². The second-order valence-electron chi connectivity index (χ2n) is 2.61. The summed E-state index contributed by atoms with van der Waals surface area (Å²) in [5.41, 5.74) is 0.316. The Morgan fingerprint density at radius 3 is 2.79 bits per heavy atom. The molecule has 0 N–H and O–H groups in total. The molecule has 0 amide bonds. The van der Waals surface area contributed by atoms with E-state index in [4.69, 9.17) is 0 Å². The molecule has 14 heavy (non-hydrogen) atoms. The van der Waals surface area contributed by atoms with Gasteiger partial charge in [-0.3, -0.25) is 0 Å². The van der Waals surface area contributed by atoms with Gasteiger partial charge in [0.2, 0.25) is 0 Å². The highest BCUT2D eigenvalue weighted by molar-refractivity contribution is 5.90. The topological polar surface area (TPSA) is 44.1 Å². The van der Waals surface area contributed by atoms with E-state index in [2.05, 4.69) is 9.84 Å². The molecule has 0 radical (unpaired) electrons. The van der Waals surface area contributed by atoms with E-state index in [0.29, 0.717) is 4.68 Å². The SMILES string of the molecule is CCOC(=O)c1cn(C(F)F)nc1C. The van der Waals surface area contributed by atoms with E-state index < -0.39 is 12.5 Å². The van der Waals surface area contributed by atoms with Crippen LogP contribution in [0.25, 0.3) is 0 Å². The maximum atomic E-state index is 12.2. The molecule has 0 unspecified atom stereocenters. The molecule has 1 heterocycles. The van der Waals surface area contributed by atoms with Crippen LogP contribution < -0.4 is 0 Å². The molecule has 1 aromatic rings. The van der Waals surface area contributed by atoms with Gasteiger partial charge in [-0.05, 0) is 13.8 Å². The number of ether oxygens (including phenoxy) is 1. The summed E-state index contributed by atoms with van der Waals surface area (Å²) in [6.45, 7) is 0.588. The highest BCUT2D eigenvalue weighted by Crippen LogP contribution is 2.13. The van der Waals surface area contributed by atoms with Gasteiger partial charge < -0.3 is 4.74 Å². The molecule has 0 bridgehead atoms. The molecule has 0 atom stereocenters. The van der Waals surface area contributed by atoms with E-state index in [1.54, 1.807) is 6.92 Å². The van der Waals surface area contributed by atoms with Crippen LogP contribution in [-0.4, -0.2) is 22.4 Å². The maximum Gasteiger partial charge on any atom is 0.341 e. The highest BCUT2D eigenvalue weighted by atomic mass is 19.3. The largest absolute Gasteiger partial charge is 0.462 e. The zero-order chi connectivity index (χ0) is 10.7. The van der Waals surface area contributed by atoms with E-state index in [9.17, 15) is 13.6 Å². The molecule has 0 aromatic carbocycles. The molecule has 1 aromatic heterocycles. The minimum Gasteiger partial charge on any atom is -0.462 e. The molecule has 0 aliphatic carbocycles. The van der Waals surface area contributed by atoms with Gasteiger partial charge in [-0.15, -0.1) is 0 Å². The summed E-state index contributed by atoms with van der Waals surface area (Å²) >= 11 is 0. The highest BCUT2D eigenvalue weighted by Gasteiger charge is 2.17. The third kappa shape index (κ3) is 2.07. The molecule has 6 heteroatoms. The van der Waals surface area contributed by atoms with Gasteiger partial charge in [-0.25, -0.2) is 9.48 Å². The second-order valence-corrected chi connectivity index (χ2v) is 2.61. The number of carbonyl (C=O) groups excluding carboxylic acids is 1. The predicted molar refractivity (Wildman–Crippen MR) is 44.2 cm³/mol. The van der Waals surface area contributed by atoms with Crippen LogP contribution in [0.15, 0.2) is 6.20 Å². The van der Waals surface area contributed by atoms with Crippen molar-refractivity contribution in [3.63, 3.8) is 0 Å². The monoisotopic (exact) mass is 204 g/mol. The second kappa shape index (κ2) is 4.17. The number of halogens is 2. The predicted octanol–water partition coefficient (Wildman–Crippen LogP) is 1.76. The number of nitrogens with zero attached hydrogens (tertiary/aromatic N) is 2. The number of aromatic nitrogens is 2. The van der Waals surface area contributed by atoms with Crippen molar-refractivity contribution in [3.05, 3.63) is 17.5 Å². The van der Waals surface area contributed by atoms with Gasteiger partial charge >= 0.3 is 12.5 Å². The Morgan fingerprint density at radius 1 is 1.71 bits per heavy atom. The van der Waals surface area contributed by atoms with Crippen molar-refractivity contribution in [2.75, 3.05) is 6.61 Å². The van der Waals surface area contributed by atoms with Crippen molar-refractivity contribution in [2.24, 2.45) is 0 Å². The molecule has 0 saturated carbocycles. The van der Waals surface area contributed by atoms with E-state index in [1.807, 2.05) is 0 Å². The minimum absolute atomic E-state index is 0.0761. The number of esters is 1. The first kappa shape index (κ1) is 10.6. The van der Waals surface area contributed by atoms with Crippen LogP contribution in [0.4, 0.5) is 8.78 Å². The summed E-state index contributed by atoms with van der Waals surface area (Å²) in [6.07, 6.45) is 0.984. The van der Waals surface area contributed by atoms with E-state index in [1.165, 1.54) is 6.92 Å². The lowest BCUT2D eigenvalue weighted by atomic mass is 10.3. The Kier molecular flexibility index (Phi) is 3.16. The summed E-state index contributed by atoms with van der Waals surface area (Å²) in [4.78, 5) is 11.2.